The van der Waals surface area contributed by atoms with E-state index >= 15 is 0 Å². The number of anilines is 1. The highest BCUT2D eigenvalue weighted by Crippen LogP contribution is 2.31. The van der Waals surface area contributed by atoms with Crippen LogP contribution in [0.2, 0.25) is 0 Å². The van der Waals surface area contributed by atoms with Crippen LogP contribution < -0.4 is 9.64 Å². The molecule has 25 heavy (non-hydrogen) atoms. The van der Waals surface area contributed by atoms with E-state index in [1.54, 1.807) is 12.1 Å². The van der Waals surface area contributed by atoms with Gasteiger partial charge in [-0.15, -0.1) is 0 Å². The number of hydrogen-bond donors (Lipinski definition) is 1. The van der Waals surface area contributed by atoms with Crippen molar-refractivity contribution in [3.63, 3.8) is 0 Å². The average Bonchev–Trinajstić information content (AvgIpc) is 3.13. The van der Waals surface area contributed by atoms with Crippen molar-refractivity contribution in [1.82, 2.24) is 5.16 Å². The monoisotopic (exact) mass is 360 g/mol. The number of aromatic nitrogens is 1. The van der Waals surface area contributed by atoms with E-state index in [9.17, 15) is 18.0 Å². The van der Waals surface area contributed by atoms with Gasteiger partial charge in [0.25, 0.3) is 0 Å². The molecule has 1 saturated heterocycles. The number of halogens is 3. The van der Waals surface area contributed by atoms with Gasteiger partial charge < -0.3 is 19.1 Å². The number of aliphatic hydroxyl groups excluding tert-OH is 1. The minimum atomic E-state index is -4.20. The molecule has 7 nitrogen and oxygen atoms in total. The fraction of sp³-hybridized carbons (Fsp3) is 0.467. The van der Waals surface area contributed by atoms with Gasteiger partial charge in [0.2, 0.25) is 0 Å². The molecule has 1 N–H and O–H groups in total. The second-order valence-corrected chi connectivity index (χ2v) is 5.53. The summed E-state index contributed by atoms with van der Waals surface area (Å²) in [6, 6.07) is 4.64. The Morgan fingerprint density at radius 1 is 1.40 bits per heavy atom. The van der Waals surface area contributed by atoms with E-state index in [-0.39, 0.29) is 32.0 Å². The number of alkyl halides is 3. The first-order valence-corrected chi connectivity index (χ1v) is 7.55. The number of amides is 1. The molecule has 2 heterocycles. The summed E-state index contributed by atoms with van der Waals surface area (Å²) in [5.41, 5.74) is 0.323. The van der Waals surface area contributed by atoms with Crippen LogP contribution >= 0.6 is 0 Å². The fourth-order valence-corrected chi connectivity index (χ4v) is 2.44. The van der Waals surface area contributed by atoms with E-state index in [0.717, 1.165) is 0 Å². The van der Waals surface area contributed by atoms with Crippen LogP contribution in [-0.2, 0) is 4.74 Å². The molecule has 2 aromatic rings. The average molecular weight is 360 g/mol. The van der Waals surface area contributed by atoms with Gasteiger partial charge in [-0.2, -0.15) is 13.2 Å². The van der Waals surface area contributed by atoms with E-state index in [2.05, 4.69) is 5.16 Å². The van der Waals surface area contributed by atoms with Crippen LogP contribution in [0.15, 0.2) is 22.7 Å². The number of carbonyl (C=O) groups is 1. The van der Waals surface area contributed by atoms with Crippen LogP contribution in [0.4, 0.5) is 23.8 Å². The second kappa shape index (κ2) is 6.79. The van der Waals surface area contributed by atoms with Crippen LogP contribution in [0.1, 0.15) is 12.8 Å². The minimum Gasteiger partial charge on any atom is -0.493 e. The maximum absolute atomic E-state index is 12.1. The zero-order chi connectivity index (χ0) is 18.0. The first kappa shape index (κ1) is 17.3. The standard InChI is InChI=1S/C15H15F3N2O5/c16-15(17,18)4-1-5-23-9-2-3-11-12(6-9)25-19-13(11)20-7-10(8-21)24-14(20)22/h2-3,6,10,21H,1,4-5,7-8H2. The summed E-state index contributed by atoms with van der Waals surface area (Å²) in [6.45, 7) is -0.233. The van der Waals surface area contributed by atoms with Crippen LogP contribution in [0.5, 0.6) is 5.75 Å². The molecule has 1 aliphatic heterocycles. The molecular formula is C15H15F3N2O5. The summed E-state index contributed by atoms with van der Waals surface area (Å²) in [7, 11) is 0. The molecule has 1 fully saturated rings. The molecule has 1 aromatic carbocycles. The molecule has 136 valence electrons. The first-order valence-electron chi connectivity index (χ1n) is 7.55. The quantitative estimate of drug-likeness (QED) is 0.798. The van der Waals surface area contributed by atoms with Crippen molar-refractivity contribution in [2.45, 2.75) is 25.1 Å². The third-order valence-electron chi connectivity index (χ3n) is 3.63. The lowest BCUT2D eigenvalue weighted by Gasteiger charge is -2.09. The predicted molar refractivity (Wildman–Crippen MR) is 79.5 cm³/mol. The largest absolute Gasteiger partial charge is 0.493 e. The van der Waals surface area contributed by atoms with Gasteiger partial charge in [0.1, 0.15) is 11.9 Å². The van der Waals surface area contributed by atoms with Crippen molar-refractivity contribution in [2.75, 3.05) is 24.7 Å². The van der Waals surface area contributed by atoms with Crippen LogP contribution in [0, 0.1) is 0 Å². The molecule has 1 atom stereocenters. The maximum Gasteiger partial charge on any atom is 0.416 e. The lowest BCUT2D eigenvalue weighted by molar-refractivity contribution is -0.136. The normalized spacial score (nSPS) is 18.0. The molecular weight excluding hydrogens is 345 g/mol. The van der Waals surface area contributed by atoms with Gasteiger partial charge >= 0.3 is 12.3 Å². The van der Waals surface area contributed by atoms with Crippen LogP contribution in [0.25, 0.3) is 11.0 Å². The summed E-state index contributed by atoms with van der Waals surface area (Å²) in [4.78, 5) is 13.0. The number of fused-ring (bicyclic) bond motifs is 1. The smallest absolute Gasteiger partial charge is 0.416 e. The van der Waals surface area contributed by atoms with Crippen molar-refractivity contribution in [3.8, 4) is 5.75 Å². The van der Waals surface area contributed by atoms with Gasteiger partial charge in [0, 0.05) is 12.5 Å². The zero-order valence-corrected chi connectivity index (χ0v) is 13.0. The van der Waals surface area contributed by atoms with E-state index in [4.69, 9.17) is 19.1 Å². The minimum absolute atomic E-state index is 0.0807. The van der Waals surface area contributed by atoms with Gasteiger partial charge in [0.15, 0.2) is 11.4 Å². The molecule has 3 rings (SSSR count). The van der Waals surface area contributed by atoms with Crippen molar-refractivity contribution >= 4 is 22.9 Å². The highest BCUT2D eigenvalue weighted by molar-refractivity contribution is 5.99. The van der Waals surface area contributed by atoms with Gasteiger partial charge in [0.05, 0.1) is 25.1 Å². The fourth-order valence-electron chi connectivity index (χ4n) is 2.44. The summed E-state index contributed by atoms with van der Waals surface area (Å²) in [6.07, 6.45) is -6.53. The number of carbonyl (C=O) groups excluding carboxylic acids is 1. The number of cyclic esters (lactones) is 1. The Kier molecular flexibility index (Phi) is 4.71. The van der Waals surface area contributed by atoms with E-state index in [1.807, 2.05) is 0 Å². The Hall–Kier alpha value is -2.49. The van der Waals surface area contributed by atoms with Crippen molar-refractivity contribution < 1.29 is 37.1 Å². The maximum atomic E-state index is 12.1. The topological polar surface area (TPSA) is 85.0 Å². The highest BCUT2D eigenvalue weighted by Gasteiger charge is 2.34. The number of nitrogens with zero attached hydrogens (tertiary/aromatic N) is 2. The molecule has 0 bridgehead atoms. The highest BCUT2D eigenvalue weighted by atomic mass is 19.4. The SMILES string of the molecule is O=C1OC(CO)CN1c1noc2cc(OCCCC(F)(F)F)ccc12. The molecule has 1 unspecified atom stereocenters. The van der Waals surface area contributed by atoms with E-state index in [1.165, 1.54) is 11.0 Å². The third kappa shape index (κ3) is 3.95. The Morgan fingerprint density at radius 3 is 2.88 bits per heavy atom. The Balaban J connectivity index is 1.68. The lowest BCUT2D eigenvalue weighted by Crippen LogP contribution is -2.25. The van der Waals surface area contributed by atoms with E-state index in [0.29, 0.717) is 16.7 Å². The molecule has 0 saturated carbocycles. The lowest BCUT2D eigenvalue weighted by atomic mass is 10.2. The van der Waals surface area contributed by atoms with Crippen LogP contribution in [0.3, 0.4) is 0 Å². The van der Waals surface area contributed by atoms with Crippen molar-refractivity contribution in [1.29, 1.82) is 0 Å². The summed E-state index contributed by atoms with van der Waals surface area (Å²) >= 11 is 0. The first-order chi connectivity index (χ1) is 11.9. The Bertz CT molecular complexity index is 761. The van der Waals surface area contributed by atoms with Gasteiger partial charge in [-0.3, -0.25) is 4.90 Å². The zero-order valence-electron chi connectivity index (χ0n) is 13.0. The number of hydrogen-bond acceptors (Lipinski definition) is 6. The molecule has 0 radical (unpaired) electrons. The molecule has 1 aromatic heterocycles. The van der Waals surface area contributed by atoms with Crippen molar-refractivity contribution in [2.24, 2.45) is 0 Å². The summed E-state index contributed by atoms with van der Waals surface area (Å²) in [5, 5.41) is 13.4. The van der Waals surface area contributed by atoms with E-state index < -0.39 is 24.8 Å². The Labute approximate surface area is 139 Å². The molecule has 1 amide bonds. The number of aliphatic hydroxyl groups is 1. The van der Waals surface area contributed by atoms with Gasteiger partial charge in [-0.1, -0.05) is 5.16 Å². The number of ether oxygens (including phenoxy) is 2. The second-order valence-electron chi connectivity index (χ2n) is 5.53. The molecule has 10 heteroatoms. The Morgan fingerprint density at radius 2 is 2.20 bits per heavy atom. The summed E-state index contributed by atoms with van der Waals surface area (Å²) in [5.74, 6) is 0.592. The predicted octanol–water partition coefficient (Wildman–Crippen LogP) is 2.87. The van der Waals surface area contributed by atoms with Gasteiger partial charge in [-0.25, -0.2) is 4.79 Å². The number of rotatable bonds is 6. The van der Waals surface area contributed by atoms with Crippen molar-refractivity contribution in [3.05, 3.63) is 18.2 Å². The molecule has 0 aliphatic carbocycles. The molecule has 1 aliphatic rings. The third-order valence-corrected chi connectivity index (χ3v) is 3.63. The summed E-state index contributed by atoms with van der Waals surface area (Å²) < 4.78 is 51.6. The van der Waals surface area contributed by atoms with Gasteiger partial charge in [-0.05, 0) is 18.6 Å². The number of benzene rings is 1. The molecule has 0 spiro atoms. The van der Waals surface area contributed by atoms with Crippen LogP contribution in [-0.4, -0.2) is 48.4 Å².